The van der Waals surface area contributed by atoms with E-state index in [0.29, 0.717) is 17.2 Å². The minimum Gasteiger partial charge on any atom is -0.396 e. The average Bonchev–Trinajstić information content (AvgIpc) is 2.74. The average molecular weight is 226 g/mol. The van der Waals surface area contributed by atoms with E-state index in [1.54, 1.807) is 18.5 Å². The molecule has 0 aliphatic rings. The first-order valence-electron chi connectivity index (χ1n) is 5.06. The molecule has 17 heavy (non-hydrogen) atoms. The van der Waals surface area contributed by atoms with Crippen LogP contribution in [0.5, 0.6) is 0 Å². The van der Waals surface area contributed by atoms with Gasteiger partial charge in [-0.25, -0.2) is 4.98 Å². The van der Waals surface area contributed by atoms with Gasteiger partial charge in [-0.3, -0.25) is 10.1 Å². The summed E-state index contributed by atoms with van der Waals surface area (Å²) in [4.78, 5) is 8.11. The smallest absolute Gasteiger partial charge is 0.158 e. The fourth-order valence-electron chi connectivity index (χ4n) is 1.71. The molecule has 0 radical (unpaired) electrons. The van der Waals surface area contributed by atoms with Crippen molar-refractivity contribution < 1.29 is 0 Å². The number of aromatic amines is 1. The minimum absolute atomic E-state index is 0.308. The van der Waals surface area contributed by atoms with Crippen LogP contribution in [0.3, 0.4) is 0 Å². The van der Waals surface area contributed by atoms with Crippen LogP contribution in [-0.4, -0.2) is 20.2 Å². The first-order valence-corrected chi connectivity index (χ1v) is 5.06. The van der Waals surface area contributed by atoms with Gasteiger partial charge in [0.15, 0.2) is 5.65 Å². The fraction of sp³-hybridized carbons (Fsp3) is 0. The third-order valence-electron chi connectivity index (χ3n) is 2.57. The molecule has 5 N–H and O–H groups in total. The van der Waals surface area contributed by atoms with Crippen LogP contribution in [0.1, 0.15) is 0 Å². The summed E-state index contributed by atoms with van der Waals surface area (Å²) < 4.78 is 0. The van der Waals surface area contributed by atoms with Gasteiger partial charge in [-0.05, 0) is 18.2 Å². The molecule has 0 aromatic carbocycles. The molecule has 0 aliphatic carbocycles. The Morgan fingerprint density at radius 3 is 2.65 bits per heavy atom. The molecule has 3 rings (SSSR count). The number of hydrogen-bond donors (Lipinski definition) is 3. The first kappa shape index (κ1) is 9.59. The van der Waals surface area contributed by atoms with Crippen molar-refractivity contribution in [3.05, 3.63) is 30.6 Å². The molecular weight excluding hydrogens is 216 g/mol. The summed E-state index contributed by atoms with van der Waals surface area (Å²) in [5.74, 6) is 0.308. The molecule has 0 atom stereocenters. The monoisotopic (exact) mass is 226 g/mol. The van der Waals surface area contributed by atoms with Gasteiger partial charge in [0.05, 0.1) is 5.69 Å². The highest BCUT2D eigenvalue weighted by atomic mass is 15.2. The number of fused-ring (bicyclic) bond motifs is 1. The van der Waals surface area contributed by atoms with E-state index in [4.69, 9.17) is 11.5 Å². The second kappa shape index (κ2) is 3.44. The fourth-order valence-corrected chi connectivity index (χ4v) is 1.71. The van der Waals surface area contributed by atoms with E-state index in [9.17, 15) is 0 Å². The Bertz CT molecular complexity index is 673. The number of pyridine rings is 2. The van der Waals surface area contributed by atoms with Gasteiger partial charge < -0.3 is 11.5 Å². The minimum atomic E-state index is 0.308. The molecule has 0 fully saturated rings. The van der Waals surface area contributed by atoms with Gasteiger partial charge in [-0.15, -0.1) is 0 Å². The van der Waals surface area contributed by atoms with Crippen LogP contribution >= 0.6 is 0 Å². The molecule has 6 heteroatoms. The topological polar surface area (TPSA) is 106 Å². The quantitative estimate of drug-likeness (QED) is 0.577. The van der Waals surface area contributed by atoms with Crippen molar-refractivity contribution in [2.75, 3.05) is 11.5 Å². The summed E-state index contributed by atoms with van der Waals surface area (Å²) in [6.45, 7) is 0. The van der Waals surface area contributed by atoms with E-state index in [2.05, 4.69) is 20.2 Å². The molecule has 0 bridgehead atoms. The summed E-state index contributed by atoms with van der Waals surface area (Å²) in [6.07, 6.45) is 3.42. The molecule has 6 nitrogen and oxygen atoms in total. The molecule has 0 spiro atoms. The zero-order valence-electron chi connectivity index (χ0n) is 8.88. The molecular formula is C11H10N6. The largest absolute Gasteiger partial charge is 0.396 e. The summed E-state index contributed by atoms with van der Waals surface area (Å²) in [5.41, 5.74) is 14.2. The molecule has 3 heterocycles. The second-order valence-corrected chi connectivity index (χ2v) is 3.67. The Kier molecular flexibility index (Phi) is 1.94. The maximum Gasteiger partial charge on any atom is 0.158 e. The Morgan fingerprint density at radius 2 is 1.88 bits per heavy atom. The normalized spacial score (nSPS) is 10.8. The second-order valence-electron chi connectivity index (χ2n) is 3.67. The van der Waals surface area contributed by atoms with Gasteiger partial charge in [0, 0.05) is 23.3 Å². The van der Waals surface area contributed by atoms with Crippen molar-refractivity contribution in [3.63, 3.8) is 0 Å². The van der Waals surface area contributed by atoms with Crippen LogP contribution in [0, 0.1) is 0 Å². The molecule has 0 aliphatic heterocycles. The van der Waals surface area contributed by atoms with Crippen molar-refractivity contribution in [1.82, 2.24) is 20.2 Å². The Labute approximate surface area is 96.7 Å². The standard InChI is InChI=1S/C11H10N6/c12-8-5-7-9(6-1-3-14-4-2-6)16-17-11(7)15-10(8)13/h1-5H,12H2,(H3,13,15,16,17). The molecule has 0 saturated heterocycles. The highest BCUT2D eigenvalue weighted by Crippen LogP contribution is 2.27. The number of rotatable bonds is 1. The Morgan fingerprint density at radius 1 is 1.12 bits per heavy atom. The Balaban J connectivity index is 2.29. The number of aromatic nitrogens is 4. The number of nitrogens with two attached hydrogens (primary N) is 2. The highest BCUT2D eigenvalue weighted by Gasteiger charge is 2.10. The molecule has 84 valence electrons. The molecule has 0 unspecified atom stereocenters. The number of nitrogen functional groups attached to an aromatic ring is 2. The van der Waals surface area contributed by atoms with Gasteiger partial charge in [-0.1, -0.05) is 0 Å². The third kappa shape index (κ3) is 1.46. The van der Waals surface area contributed by atoms with Crippen LogP contribution < -0.4 is 11.5 Å². The lowest BCUT2D eigenvalue weighted by atomic mass is 10.1. The summed E-state index contributed by atoms with van der Waals surface area (Å²) >= 11 is 0. The van der Waals surface area contributed by atoms with E-state index >= 15 is 0 Å². The van der Waals surface area contributed by atoms with Crippen LogP contribution in [0.4, 0.5) is 11.5 Å². The molecule has 0 amide bonds. The van der Waals surface area contributed by atoms with Gasteiger partial charge in [0.25, 0.3) is 0 Å². The zero-order chi connectivity index (χ0) is 11.8. The van der Waals surface area contributed by atoms with Crippen LogP contribution in [-0.2, 0) is 0 Å². The summed E-state index contributed by atoms with van der Waals surface area (Å²) in [6, 6.07) is 5.53. The Hall–Kier alpha value is -2.63. The number of hydrogen-bond acceptors (Lipinski definition) is 5. The van der Waals surface area contributed by atoms with E-state index in [-0.39, 0.29) is 0 Å². The maximum absolute atomic E-state index is 5.75. The zero-order valence-corrected chi connectivity index (χ0v) is 8.88. The lowest BCUT2D eigenvalue weighted by Gasteiger charge is -2.00. The third-order valence-corrected chi connectivity index (χ3v) is 2.57. The predicted molar refractivity (Wildman–Crippen MR) is 65.9 cm³/mol. The maximum atomic E-state index is 5.75. The lowest BCUT2D eigenvalue weighted by Crippen LogP contribution is -1.97. The van der Waals surface area contributed by atoms with Crippen molar-refractivity contribution in [3.8, 4) is 11.3 Å². The number of H-pyrrole nitrogens is 1. The van der Waals surface area contributed by atoms with Crippen molar-refractivity contribution in [2.45, 2.75) is 0 Å². The van der Waals surface area contributed by atoms with Crippen molar-refractivity contribution in [1.29, 1.82) is 0 Å². The molecule has 0 saturated carbocycles. The molecule has 3 aromatic rings. The number of nitrogens with zero attached hydrogens (tertiary/aromatic N) is 3. The van der Waals surface area contributed by atoms with E-state index < -0.39 is 0 Å². The lowest BCUT2D eigenvalue weighted by molar-refractivity contribution is 1.10. The predicted octanol–water partition coefficient (Wildman–Crippen LogP) is 1.18. The van der Waals surface area contributed by atoms with Gasteiger partial charge in [0.2, 0.25) is 0 Å². The van der Waals surface area contributed by atoms with Gasteiger partial charge in [-0.2, -0.15) is 5.10 Å². The number of nitrogens with one attached hydrogen (secondary N) is 1. The van der Waals surface area contributed by atoms with E-state index in [1.165, 1.54) is 0 Å². The SMILES string of the molecule is Nc1cc2c(-c3ccncc3)n[nH]c2nc1N. The van der Waals surface area contributed by atoms with Crippen molar-refractivity contribution in [2.24, 2.45) is 0 Å². The van der Waals surface area contributed by atoms with Crippen molar-refractivity contribution >= 4 is 22.5 Å². The van der Waals surface area contributed by atoms with E-state index in [0.717, 1.165) is 16.6 Å². The summed E-state index contributed by atoms with van der Waals surface area (Å²) in [5, 5.41) is 7.91. The van der Waals surface area contributed by atoms with Gasteiger partial charge >= 0.3 is 0 Å². The van der Waals surface area contributed by atoms with Crippen LogP contribution in [0.15, 0.2) is 30.6 Å². The van der Waals surface area contributed by atoms with E-state index in [1.807, 2.05) is 12.1 Å². The highest BCUT2D eigenvalue weighted by molar-refractivity contribution is 5.94. The first-order chi connectivity index (χ1) is 8.25. The van der Waals surface area contributed by atoms with Crippen LogP contribution in [0.25, 0.3) is 22.3 Å². The molecule has 3 aromatic heterocycles. The summed E-state index contributed by atoms with van der Waals surface area (Å²) in [7, 11) is 0. The van der Waals surface area contributed by atoms with Crippen LogP contribution in [0.2, 0.25) is 0 Å². The number of anilines is 2. The van der Waals surface area contributed by atoms with Gasteiger partial charge in [0.1, 0.15) is 11.5 Å².